The van der Waals surface area contributed by atoms with Crippen molar-refractivity contribution in [2.75, 3.05) is 44.2 Å². The minimum atomic E-state index is -0.242. The maximum absolute atomic E-state index is 13.7. The van der Waals surface area contributed by atoms with Crippen LogP contribution >= 0.6 is 0 Å². The van der Waals surface area contributed by atoms with E-state index in [9.17, 15) is 9.50 Å². The van der Waals surface area contributed by atoms with Crippen LogP contribution < -0.4 is 4.90 Å². The first kappa shape index (κ1) is 24.2. The molecule has 4 rings (SSSR count). The van der Waals surface area contributed by atoms with Gasteiger partial charge < -0.3 is 14.9 Å². The average Bonchev–Trinajstić information content (AvgIpc) is 3.22. The predicted molar refractivity (Wildman–Crippen MR) is 135 cm³/mol. The van der Waals surface area contributed by atoms with Crippen LogP contribution in [-0.2, 0) is 19.5 Å². The molecule has 0 spiro atoms. The zero-order valence-electron chi connectivity index (χ0n) is 20.5. The van der Waals surface area contributed by atoms with Crippen molar-refractivity contribution in [3.05, 3.63) is 71.2 Å². The van der Waals surface area contributed by atoms with Crippen LogP contribution in [0.4, 0.5) is 10.2 Å². The van der Waals surface area contributed by atoms with E-state index in [0.717, 1.165) is 81.5 Å². The number of nitrogens with zero attached hydrogens (tertiary/aromatic N) is 5. The lowest BCUT2D eigenvalue weighted by Crippen LogP contribution is -2.47. The zero-order valence-corrected chi connectivity index (χ0v) is 20.5. The van der Waals surface area contributed by atoms with Crippen molar-refractivity contribution in [1.29, 1.82) is 0 Å². The molecule has 2 aromatic carbocycles. The number of piperazine rings is 1. The van der Waals surface area contributed by atoms with Gasteiger partial charge in [-0.15, -0.1) is 0 Å². The van der Waals surface area contributed by atoms with Gasteiger partial charge in [0.1, 0.15) is 17.4 Å². The SMILES string of the molecule is CCc1nn(-c2ccc(F)cc2)c(N2CCN(CC)CC2)c1CN(CC)Cc1cccc(O)c1. The van der Waals surface area contributed by atoms with Gasteiger partial charge in [0.05, 0.1) is 11.4 Å². The third-order valence-electron chi connectivity index (χ3n) is 6.71. The fourth-order valence-electron chi connectivity index (χ4n) is 4.71. The minimum absolute atomic E-state index is 0.242. The summed E-state index contributed by atoms with van der Waals surface area (Å²) in [5.74, 6) is 1.17. The first-order chi connectivity index (χ1) is 16.5. The third-order valence-corrected chi connectivity index (χ3v) is 6.71. The Balaban J connectivity index is 1.71. The molecule has 1 fully saturated rings. The summed E-state index contributed by atoms with van der Waals surface area (Å²) < 4.78 is 15.7. The van der Waals surface area contributed by atoms with E-state index < -0.39 is 0 Å². The van der Waals surface area contributed by atoms with Crippen LogP contribution in [0, 0.1) is 5.82 Å². The molecule has 0 amide bonds. The normalized spacial score (nSPS) is 14.8. The molecule has 6 nitrogen and oxygen atoms in total. The van der Waals surface area contributed by atoms with E-state index in [0.29, 0.717) is 5.75 Å². The Morgan fingerprint density at radius 2 is 1.71 bits per heavy atom. The highest BCUT2D eigenvalue weighted by molar-refractivity contribution is 5.56. The van der Waals surface area contributed by atoms with Gasteiger partial charge in [0.15, 0.2) is 0 Å². The van der Waals surface area contributed by atoms with Crippen LogP contribution in [-0.4, -0.2) is 64.0 Å². The Morgan fingerprint density at radius 3 is 2.32 bits per heavy atom. The summed E-state index contributed by atoms with van der Waals surface area (Å²) in [6.45, 7) is 13.9. The second-order valence-corrected chi connectivity index (χ2v) is 8.89. The fraction of sp³-hybridized carbons (Fsp3) is 0.444. The average molecular weight is 466 g/mol. The molecule has 1 N–H and O–H groups in total. The second kappa shape index (κ2) is 11.0. The van der Waals surface area contributed by atoms with Crippen LogP contribution in [0.3, 0.4) is 0 Å². The summed E-state index contributed by atoms with van der Waals surface area (Å²) in [5, 5.41) is 14.9. The highest BCUT2D eigenvalue weighted by atomic mass is 19.1. The molecule has 182 valence electrons. The highest BCUT2D eigenvalue weighted by Gasteiger charge is 2.27. The number of hydrogen-bond donors (Lipinski definition) is 1. The van der Waals surface area contributed by atoms with Crippen LogP contribution in [0.2, 0.25) is 0 Å². The molecule has 0 atom stereocenters. The summed E-state index contributed by atoms with van der Waals surface area (Å²) in [6.07, 6.45) is 0.829. The van der Waals surface area contributed by atoms with Gasteiger partial charge in [0, 0.05) is 44.8 Å². The molecule has 7 heteroatoms. The molecule has 0 unspecified atom stereocenters. The van der Waals surface area contributed by atoms with Crippen molar-refractivity contribution in [3.8, 4) is 11.4 Å². The first-order valence-electron chi connectivity index (χ1n) is 12.4. The summed E-state index contributed by atoms with van der Waals surface area (Å²) in [4.78, 5) is 7.29. The van der Waals surface area contributed by atoms with E-state index in [1.54, 1.807) is 6.07 Å². The number of aryl methyl sites for hydroxylation is 1. The molecule has 1 saturated heterocycles. The van der Waals surface area contributed by atoms with Crippen LogP contribution in [0.25, 0.3) is 5.69 Å². The molecule has 0 saturated carbocycles. The molecule has 1 aromatic heterocycles. The van der Waals surface area contributed by atoms with E-state index in [2.05, 4.69) is 41.5 Å². The second-order valence-electron chi connectivity index (χ2n) is 8.89. The minimum Gasteiger partial charge on any atom is -0.508 e. The smallest absolute Gasteiger partial charge is 0.137 e. The number of likely N-dealkylation sites (N-methyl/N-ethyl adjacent to an activating group) is 1. The van der Waals surface area contributed by atoms with Crippen molar-refractivity contribution < 1.29 is 9.50 Å². The molecule has 2 heterocycles. The van der Waals surface area contributed by atoms with E-state index in [-0.39, 0.29) is 5.82 Å². The largest absolute Gasteiger partial charge is 0.508 e. The molecule has 1 aliphatic rings. The lowest BCUT2D eigenvalue weighted by Gasteiger charge is -2.36. The van der Waals surface area contributed by atoms with Gasteiger partial charge in [0.25, 0.3) is 0 Å². The van der Waals surface area contributed by atoms with Crippen LogP contribution in [0.5, 0.6) is 5.75 Å². The summed E-state index contributed by atoms with van der Waals surface area (Å²) in [5.41, 5.74) is 4.28. The Labute approximate surface area is 202 Å². The lowest BCUT2D eigenvalue weighted by molar-refractivity contribution is 0.264. The van der Waals surface area contributed by atoms with Crippen molar-refractivity contribution in [1.82, 2.24) is 19.6 Å². The number of benzene rings is 2. The van der Waals surface area contributed by atoms with Crippen LogP contribution in [0.15, 0.2) is 48.5 Å². The lowest BCUT2D eigenvalue weighted by atomic mass is 10.1. The van der Waals surface area contributed by atoms with E-state index in [1.807, 2.05) is 28.9 Å². The number of anilines is 1. The number of halogens is 1. The number of hydrogen-bond acceptors (Lipinski definition) is 5. The first-order valence-corrected chi connectivity index (χ1v) is 12.4. The molecule has 0 radical (unpaired) electrons. The number of rotatable bonds is 9. The number of phenolic OH excluding ortho intramolecular Hbond substituents is 1. The Bertz CT molecular complexity index is 1070. The van der Waals surface area contributed by atoms with Gasteiger partial charge >= 0.3 is 0 Å². The monoisotopic (exact) mass is 465 g/mol. The zero-order chi connectivity index (χ0) is 24.1. The van der Waals surface area contributed by atoms with Crippen LogP contribution in [0.1, 0.15) is 37.6 Å². The molecular formula is C27H36FN5O. The van der Waals surface area contributed by atoms with Gasteiger partial charge in [-0.25, -0.2) is 9.07 Å². The maximum Gasteiger partial charge on any atom is 0.137 e. The maximum atomic E-state index is 13.7. The Morgan fingerprint density at radius 1 is 0.971 bits per heavy atom. The third kappa shape index (κ3) is 5.42. The number of aromatic nitrogens is 2. The molecule has 34 heavy (non-hydrogen) atoms. The molecule has 1 aliphatic heterocycles. The molecular weight excluding hydrogens is 429 g/mol. The Kier molecular flexibility index (Phi) is 7.85. The van der Waals surface area contributed by atoms with Gasteiger partial charge in [-0.1, -0.05) is 32.9 Å². The van der Waals surface area contributed by atoms with Crippen molar-refractivity contribution in [3.63, 3.8) is 0 Å². The quantitative estimate of drug-likeness (QED) is 0.506. The van der Waals surface area contributed by atoms with Crippen molar-refractivity contribution in [2.45, 2.75) is 40.3 Å². The summed E-state index contributed by atoms with van der Waals surface area (Å²) in [7, 11) is 0. The number of phenols is 1. The van der Waals surface area contributed by atoms with Gasteiger partial charge in [-0.3, -0.25) is 4.90 Å². The molecule has 3 aromatic rings. The molecule has 0 aliphatic carbocycles. The summed E-state index contributed by atoms with van der Waals surface area (Å²) >= 11 is 0. The van der Waals surface area contributed by atoms with Gasteiger partial charge in [-0.05, 0) is 61.5 Å². The van der Waals surface area contributed by atoms with Gasteiger partial charge in [0.2, 0.25) is 0 Å². The Hall–Kier alpha value is -2.90. The van der Waals surface area contributed by atoms with Crippen molar-refractivity contribution >= 4 is 5.82 Å². The summed E-state index contributed by atoms with van der Waals surface area (Å²) in [6, 6.07) is 14.1. The fourth-order valence-corrected chi connectivity index (χ4v) is 4.71. The van der Waals surface area contributed by atoms with Gasteiger partial charge in [-0.2, -0.15) is 5.10 Å². The number of aromatic hydroxyl groups is 1. The highest BCUT2D eigenvalue weighted by Crippen LogP contribution is 2.31. The van der Waals surface area contributed by atoms with E-state index >= 15 is 0 Å². The standard InChI is InChI=1S/C27H36FN5O/c1-4-26-25(20-31(6-3)19-21-8-7-9-24(34)18-21)27(32-16-14-30(5-2)15-17-32)33(29-26)23-12-10-22(28)11-13-23/h7-13,18,34H,4-6,14-17,19-20H2,1-3H3. The topological polar surface area (TPSA) is 47.8 Å². The molecule has 0 bridgehead atoms. The van der Waals surface area contributed by atoms with E-state index in [4.69, 9.17) is 5.10 Å². The predicted octanol–water partition coefficient (Wildman–Crippen LogP) is 4.44. The van der Waals surface area contributed by atoms with E-state index in [1.165, 1.54) is 17.7 Å². The van der Waals surface area contributed by atoms with Crippen molar-refractivity contribution in [2.24, 2.45) is 0 Å².